The average molecular weight is 191 g/mol. The zero-order chi connectivity index (χ0) is 10.6. The van der Waals surface area contributed by atoms with E-state index in [1.807, 2.05) is 21.0 Å². The van der Waals surface area contributed by atoms with Crippen LogP contribution in [0.1, 0.15) is 11.4 Å². The average Bonchev–Trinajstić information content (AvgIpc) is 2.15. The van der Waals surface area contributed by atoms with Crippen molar-refractivity contribution >= 4 is 11.9 Å². The molecule has 0 radical (unpaired) electrons. The molecule has 4 heteroatoms. The van der Waals surface area contributed by atoms with Crippen LogP contribution in [0, 0.1) is 6.92 Å². The summed E-state index contributed by atoms with van der Waals surface area (Å²) >= 11 is 0. The van der Waals surface area contributed by atoms with Gasteiger partial charge in [0.15, 0.2) is 6.29 Å². The largest absolute Gasteiger partial charge is 0.383 e. The number of allylic oxidation sites excluding steroid dienone is 1. The summed E-state index contributed by atoms with van der Waals surface area (Å²) in [4.78, 5) is 20.8. The molecule has 14 heavy (non-hydrogen) atoms. The number of rotatable bonds is 3. The number of carbonyl (C=O) groups excluding carboxylic acids is 1. The molecule has 1 aromatic heterocycles. The smallest absolute Gasteiger partial charge is 0.153 e. The monoisotopic (exact) mass is 191 g/mol. The van der Waals surface area contributed by atoms with Crippen LogP contribution in [-0.4, -0.2) is 35.2 Å². The lowest BCUT2D eigenvalue weighted by Gasteiger charge is -2.07. The van der Waals surface area contributed by atoms with Crippen molar-refractivity contribution in [1.82, 2.24) is 14.9 Å². The van der Waals surface area contributed by atoms with Crippen molar-refractivity contribution in [2.75, 3.05) is 14.1 Å². The Balaban J connectivity index is 3.13. The summed E-state index contributed by atoms with van der Waals surface area (Å²) in [6, 6.07) is 0. The van der Waals surface area contributed by atoms with E-state index in [1.165, 1.54) is 0 Å². The summed E-state index contributed by atoms with van der Waals surface area (Å²) < 4.78 is 0. The standard InChI is InChI=1S/C10H13N3O/c1-8-10(12-5-4-11-8)9(7-14)6-13(2)3/h4-7H,1-3H3. The maximum Gasteiger partial charge on any atom is 0.153 e. The highest BCUT2D eigenvalue weighted by atomic mass is 16.1. The van der Waals surface area contributed by atoms with Crippen LogP contribution >= 0.6 is 0 Å². The van der Waals surface area contributed by atoms with E-state index in [1.54, 1.807) is 23.5 Å². The Morgan fingerprint density at radius 1 is 1.36 bits per heavy atom. The number of aryl methyl sites for hydroxylation is 1. The number of aldehydes is 1. The van der Waals surface area contributed by atoms with E-state index >= 15 is 0 Å². The molecule has 0 unspecified atom stereocenters. The van der Waals surface area contributed by atoms with Gasteiger partial charge >= 0.3 is 0 Å². The van der Waals surface area contributed by atoms with Crippen molar-refractivity contribution in [2.24, 2.45) is 0 Å². The molecule has 1 heterocycles. The van der Waals surface area contributed by atoms with Crippen molar-refractivity contribution in [3.63, 3.8) is 0 Å². The van der Waals surface area contributed by atoms with E-state index in [2.05, 4.69) is 9.97 Å². The van der Waals surface area contributed by atoms with Gasteiger partial charge in [-0.05, 0) is 6.92 Å². The Hall–Kier alpha value is -1.71. The van der Waals surface area contributed by atoms with Gasteiger partial charge in [0.2, 0.25) is 0 Å². The maximum absolute atomic E-state index is 10.8. The summed E-state index contributed by atoms with van der Waals surface area (Å²) in [7, 11) is 3.71. The molecule has 0 aliphatic carbocycles. The molecule has 0 saturated heterocycles. The highest BCUT2D eigenvalue weighted by Gasteiger charge is 2.06. The van der Waals surface area contributed by atoms with Crippen LogP contribution in [0.5, 0.6) is 0 Å². The van der Waals surface area contributed by atoms with Crippen LogP contribution in [0.25, 0.3) is 5.57 Å². The van der Waals surface area contributed by atoms with E-state index < -0.39 is 0 Å². The normalized spacial score (nSPS) is 11.2. The van der Waals surface area contributed by atoms with Crippen LogP contribution < -0.4 is 0 Å². The summed E-state index contributed by atoms with van der Waals surface area (Å²) in [5.74, 6) is 0. The van der Waals surface area contributed by atoms with Crippen molar-refractivity contribution in [2.45, 2.75) is 6.92 Å². The highest BCUT2D eigenvalue weighted by Crippen LogP contribution is 2.11. The molecule has 0 fully saturated rings. The molecule has 0 aromatic carbocycles. The van der Waals surface area contributed by atoms with Crippen molar-refractivity contribution in [1.29, 1.82) is 0 Å². The van der Waals surface area contributed by atoms with E-state index in [-0.39, 0.29) is 0 Å². The summed E-state index contributed by atoms with van der Waals surface area (Å²) in [5.41, 5.74) is 1.93. The van der Waals surface area contributed by atoms with Gasteiger partial charge < -0.3 is 4.90 Å². The fraction of sp³-hybridized carbons (Fsp3) is 0.300. The van der Waals surface area contributed by atoms with Crippen LogP contribution in [0.3, 0.4) is 0 Å². The first-order valence-electron chi connectivity index (χ1n) is 4.26. The molecule has 74 valence electrons. The van der Waals surface area contributed by atoms with Crippen molar-refractivity contribution in [3.8, 4) is 0 Å². The molecule has 0 N–H and O–H groups in total. The first-order chi connectivity index (χ1) is 6.65. The molecule has 0 aliphatic heterocycles. The van der Waals surface area contributed by atoms with E-state index in [0.29, 0.717) is 11.3 Å². The zero-order valence-corrected chi connectivity index (χ0v) is 8.56. The molecule has 1 rings (SSSR count). The zero-order valence-electron chi connectivity index (χ0n) is 8.56. The molecule has 1 aromatic rings. The van der Waals surface area contributed by atoms with E-state index in [0.717, 1.165) is 12.0 Å². The van der Waals surface area contributed by atoms with Gasteiger partial charge in [0.1, 0.15) is 0 Å². The molecule has 0 amide bonds. The minimum absolute atomic E-state index is 0.542. The SMILES string of the molecule is Cc1nccnc1C(C=O)=CN(C)C. The number of hydrogen-bond donors (Lipinski definition) is 0. The van der Waals surface area contributed by atoms with Gasteiger partial charge in [0, 0.05) is 32.7 Å². The molecule has 4 nitrogen and oxygen atoms in total. The van der Waals surface area contributed by atoms with Gasteiger partial charge in [0.05, 0.1) is 17.0 Å². The fourth-order valence-corrected chi connectivity index (χ4v) is 1.12. The minimum atomic E-state index is 0.542. The number of aromatic nitrogens is 2. The van der Waals surface area contributed by atoms with Gasteiger partial charge in [-0.15, -0.1) is 0 Å². The molecule has 0 atom stereocenters. The van der Waals surface area contributed by atoms with E-state index in [9.17, 15) is 4.79 Å². The predicted octanol–water partition coefficient (Wildman–Crippen LogP) is 0.886. The third-order valence-electron chi connectivity index (χ3n) is 1.68. The lowest BCUT2D eigenvalue weighted by molar-refractivity contribution is -0.103. The Labute approximate surface area is 83.3 Å². The third-order valence-corrected chi connectivity index (χ3v) is 1.68. The van der Waals surface area contributed by atoms with Gasteiger partial charge in [0.25, 0.3) is 0 Å². The van der Waals surface area contributed by atoms with Crippen LogP contribution in [0.15, 0.2) is 18.6 Å². The molecular formula is C10H13N3O. The Bertz CT molecular complexity index is 358. The summed E-state index contributed by atoms with van der Waals surface area (Å²) in [6.07, 6.45) is 5.70. The third kappa shape index (κ3) is 2.39. The second-order valence-corrected chi connectivity index (χ2v) is 3.16. The molecule has 0 spiro atoms. The Kier molecular flexibility index (Phi) is 3.34. The molecular weight excluding hydrogens is 178 g/mol. The number of hydrogen-bond acceptors (Lipinski definition) is 4. The van der Waals surface area contributed by atoms with Gasteiger partial charge in [-0.2, -0.15) is 0 Å². The number of nitrogens with zero attached hydrogens (tertiary/aromatic N) is 3. The Morgan fingerprint density at radius 2 is 2.00 bits per heavy atom. The van der Waals surface area contributed by atoms with E-state index in [4.69, 9.17) is 0 Å². The molecule has 0 saturated carbocycles. The van der Waals surface area contributed by atoms with Crippen molar-refractivity contribution in [3.05, 3.63) is 30.0 Å². The molecule has 0 bridgehead atoms. The van der Waals surface area contributed by atoms with Gasteiger partial charge in [-0.3, -0.25) is 14.8 Å². The fourth-order valence-electron chi connectivity index (χ4n) is 1.12. The van der Waals surface area contributed by atoms with Gasteiger partial charge in [-0.1, -0.05) is 0 Å². The summed E-state index contributed by atoms with van der Waals surface area (Å²) in [5, 5.41) is 0. The van der Waals surface area contributed by atoms with Gasteiger partial charge in [-0.25, -0.2) is 0 Å². The topological polar surface area (TPSA) is 46.1 Å². The summed E-state index contributed by atoms with van der Waals surface area (Å²) in [6.45, 7) is 1.83. The maximum atomic E-state index is 10.8. The lowest BCUT2D eigenvalue weighted by Crippen LogP contribution is -2.05. The molecule has 0 aliphatic rings. The van der Waals surface area contributed by atoms with Crippen LogP contribution in [-0.2, 0) is 4.79 Å². The predicted molar refractivity (Wildman–Crippen MR) is 54.5 cm³/mol. The quantitative estimate of drug-likeness (QED) is 0.525. The van der Waals surface area contributed by atoms with Crippen molar-refractivity contribution < 1.29 is 4.79 Å². The highest BCUT2D eigenvalue weighted by molar-refractivity contribution is 6.06. The van der Waals surface area contributed by atoms with Crippen LogP contribution in [0.2, 0.25) is 0 Å². The first kappa shape index (κ1) is 10.4. The Morgan fingerprint density at radius 3 is 2.50 bits per heavy atom. The number of carbonyl (C=O) groups is 1. The second kappa shape index (κ2) is 4.50. The lowest BCUT2D eigenvalue weighted by atomic mass is 10.2. The second-order valence-electron chi connectivity index (χ2n) is 3.16. The van der Waals surface area contributed by atoms with Crippen LogP contribution in [0.4, 0.5) is 0 Å². The first-order valence-corrected chi connectivity index (χ1v) is 4.26. The minimum Gasteiger partial charge on any atom is -0.383 e.